The summed E-state index contributed by atoms with van der Waals surface area (Å²) in [7, 11) is 0. The molecule has 0 atom stereocenters. The monoisotopic (exact) mass is 366 g/mol. The Bertz CT molecular complexity index is 613. The Kier molecular flexibility index (Phi) is 4.59. The molecule has 0 saturated heterocycles. The fourth-order valence-corrected chi connectivity index (χ4v) is 95.3. The van der Waals surface area contributed by atoms with Crippen LogP contribution in [0.3, 0.4) is 0 Å². The Morgan fingerprint density at radius 1 is 0.773 bits per heavy atom. The van der Waals surface area contributed by atoms with Crippen LogP contribution in [0, 0.1) is 0 Å². The van der Waals surface area contributed by atoms with Gasteiger partial charge in [-0.15, -0.1) is 0 Å². The maximum absolute atomic E-state index is 3.12. The van der Waals surface area contributed by atoms with E-state index in [-0.39, 0.29) is 0 Å². The second kappa shape index (κ2) is 5.51. The van der Waals surface area contributed by atoms with Crippen molar-refractivity contribution < 1.29 is 13.4 Å². The first-order valence-electron chi connectivity index (χ1n) is 8.68. The summed E-state index contributed by atoms with van der Waals surface area (Å²) >= 11 is -3.12. The van der Waals surface area contributed by atoms with Gasteiger partial charge in [0, 0.05) is 0 Å². The van der Waals surface area contributed by atoms with Crippen LogP contribution in [0.1, 0.15) is 26.7 Å². The number of allylic oxidation sites excluding steroid dienone is 8. The van der Waals surface area contributed by atoms with Gasteiger partial charge in [-0.3, -0.25) is 0 Å². The first-order chi connectivity index (χ1) is 10.0. The quantitative estimate of drug-likeness (QED) is 0.516. The van der Waals surface area contributed by atoms with E-state index < -0.39 is 25.2 Å². The average molecular weight is 367 g/mol. The molecule has 0 amide bonds. The van der Waals surface area contributed by atoms with Crippen LogP contribution in [-0.2, 0) is 13.4 Å². The standard InChI is InChI=1S/2C5H5.2C3H9Si.C3H6.Ti/c2*1-2-4-5-3-1;2*1-4(2)3;1-3-2;/h2*1-3H,4H2;2*1-3H3;1-2H3;. The number of rotatable bonds is 4. The molecule has 0 aliphatic heterocycles. The molecule has 0 bridgehead atoms. The molecule has 2 aliphatic carbocycles. The topological polar surface area (TPSA) is 0 Å². The first-order valence-corrected chi connectivity index (χ1v) is 22.7. The molecular weight excluding hydrogens is 332 g/mol. The molecule has 0 nitrogen and oxygen atoms in total. The average Bonchev–Trinajstić information content (AvgIpc) is 2.97. The van der Waals surface area contributed by atoms with Crippen LogP contribution in [0.15, 0.2) is 44.2 Å². The normalized spacial score (nSPS) is 19.5. The first kappa shape index (κ1) is 18.3. The van der Waals surface area contributed by atoms with Crippen molar-refractivity contribution in [1.29, 1.82) is 0 Å². The molecular formula is C19H34Si2Ti. The Morgan fingerprint density at radius 2 is 1.14 bits per heavy atom. The molecule has 2 aliphatic rings. The zero-order valence-electron chi connectivity index (χ0n) is 15.9. The van der Waals surface area contributed by atoms with Crippen molar-refractivity contribution in [2.45, 2.75) is 66.0 Å². The number of hydrogen-bond acceptors (Lipinski definition) is 0. The minimum absolute atomic E-state index is 1.22. The zero-order chi connectivity index (χ0) is 16.8. The molecule has 2 rings (SSSR count). The molecule has 122 valence electrons. The van der Waals surface area contributed by atoms with Gasteiger partial charge in [0.05, 0.1) is 0 Å². The molecule has 3 heteroatoms. The fourth-order valence-electron chi connectivity index (χ4n) is 7.04. The summed E-state index contributed by atoms with van der Waals surface area (Å²) < 4.78 is 5.59. The van der Waals surface area contributed by atoms with E-state index in [4.69, 9.17) is 0 Å². The van der Waals surface area contributed by atoms with Crippen molar-refractivity contribution in [2.24, 2.45) is 0 Å². The molecule has 0 spiro atoms. The fraction of sp³-hybridized carbons (Fsp3) is 0.526. The van der Waals surface area contributed by atoms with E-state index in [0.717, 1.165) is 0 Å². The Hall–Kier alpha value is -0.0219. The Balaban J connectivity index is 3.12. The van der Waals surface area contributed by atoms with Crippen molar-refractivity contribution >= 4 is 15.7 Å². The van der Waals surface area contributed by atoms with Crippen molar-refractivity contribution in [3.8, 4) is 0 Å². The summed E-state index contributed by atoms with van der Waals surface area (Å²) in [5.41, 5.74) is 0. The van der Waals surface area contributed by atoms with Gasteiger partial charge >= 0.3 is 139 Å². The molecule has 0 unspecified atom stereocenters. The second-order valence-corrected chi connectivity index (χ2v) is 50.2. The molecule has 0 N–H and O–H groups in total. The van der Waals surface area contributed by atoms with Crippen molar-refractivity contribution in [1.82, 2.24) is 0 Å². The van der Waals surface area contributed by atoms with Crippen LogP contribution in [0.5, 0.6) is 0 Å². The van der Waals surface area contributed by atoms with Gasteiger partial charge in [-0.2, -0.15) is 0 Å². The zero-order valence-corrected chi connectivity index (χ0v) is 19.4. The van der Waals surface area contributed by atoms with Gasteiger partial charge in [-0.1, -0.05) is 0 Å². The summed E-state index contributed by atoms with van der Waals surface area (Å²) in [5, 5.41) is 0. The van der Waals surface area contributed by atoms with Gasteiger partial charge in [0.25, 0.3) is 0 Å². The molecule has 0 saturated carbocycles. The van der Waals surface area contributed by atoms with E-state index >= 15 is 0 Å². The van der Waals surface area contributed by atoms with E-state index in [1.807, 2.05) is 11.6 Å². The molecule has 0 radical (unpaired) electrons. The van der Waals surface area contributed by atoms with Crippen LogP contribution in [0.4, 0.5) is 0 Å². The van der Waals surface area contributed by atoms with Crippen LogP contribution in [0.2, 0.25) is 39.3 Å². The summed E-state index contributed by atoms with van der Waals surface area (Å²) in [4.78, 5) is 0. The third-order valence-corrected chi connectivity index (χ3v) is 77.2. The second-order valence-electron chi connectivity index (χ2n) is 9.40. The van der Waals surface area contributed by atoms with E-state index in [0.29, 0.717) is 0 Å². The van der Waals surface area contributed by atoms with Gasteiger partial charge in [-0.25, -0.2) is 0 Å². The molecule has 0 heterocycles. The predicted molar refractivity (Wildman–Crippen MR) is 107 cm³/mol. The molecule has 0 aromatic carbocycles. The summed E-state index contributed by atoms with van der Waals surface area (Å²) in [6.45, 7) is 21.1. The van der Waals surface area contributed by atoms with E-state index in [9.17, 15) is 0 Å². The van der Waals surface area contributed by atoms with Gasteiger partial charge in [0.2, 0.25) is 0 Å². The van der Waals surface area contributed by atoms with E-state index in [2.05, 4.69) is 89.6 Å². The van der Waals surface area contributed by atoms with Crippen molar-refractivity contribution in [3.05, 3.63) is 44.2 Å². The summed E-state index contributed by atoms with van der Waals surface area (Å²) in [5.74, 6) is -2.83. The third kappa shape index (κ3) is 1.87. The van der Waals surface area contributed by atoms with E-state index in [1.165, 1.54) is 12.8 Å². The van der Waals surface area contributed by atoms with Gasteiger partial charge in [0.1, 0.15) is 0 Å². The molecule has 0 fully saturated rings. The summed E-state index contributed by atoms with van der Waals surface area (Å²) in [6.07, 6.45) is 17.0. The van der Waals surface area contributed by atoms with Crippen LogP contribution >= 0.6 is 0 Å². The van der Waals surface area contributed by atoms with E-state index in [1.54, 1.807) is 0 Å². The summed E-state index contributed by atoms with van der Waals surface area (Å²) in [6, 6.07) is 0. The van der Waals surface area contributed by atoms with Crippen molar-refractivity contribution in [2.75, 3.05) is 0 Å². The molecule has 0 aromatic rings. The Morgan fingerprint density at radius 3 is 1.32 bits per heavy atom. The SMILES string of the molecule is C[C](C)=[Ti]([C]1=CC=CC1)([C]1=CC=CC1)([Si](C)(C)C)[Si](C)(C)C. The van der Waals surface area contributed by atoms with Crippen molar-refractivity contribution in [3.63, 3.8) is 0 Å². The maximum atomic E-state index is 2.69. The van der Waals surface area contributed by atoms with Gasteiger partial charge in [0.15, 0.2) is 0 Å². The number of hydrogen-bond donors (Lipinski definition) is 0. The van der Waals surface area contributed by atoms with Gasteiger partial charge in [-0.05, 0) is 0 Å². The minimum atomic E-state index is -3.12. The Labute approximate surface area is 138 Å². The van der Waals surface area contributed by atoms with Crippen LogP contribution < -0.4 is 0 Å². The van der Waals surface area contributed by atoms with Crippen LogP contribution in [-0.4, -0.2) is 15.7 Å². The molecule has 22 heavy (non-hydrogen) atoms. The third-order valence-electron chi connectivity index (χ3n) is 6.83. The van der Waals surface area contributed by atoms with Crippen LogP contribution in [0.25, 0.3) is 0 Å². The molecule has 0 aromatic heterocycles. The van der Waals surface area contributed by atoms with Gasteiger partial charge < -0.3 is 0 Å². The predicted octanol–water partition coefficient (Wildman–Crippen LogP) is 6.25.